The number of aromatic hydroxyl groups is 2. The number of aryl methyl sites for hydroxylation is 1. The molecule has 0 fully saturated rings. The maximum Gasteiger partial charge on any atom is 0.409 e. The Morgan fingerprint density at radius 3 is 2.09 bits per heavy atom. The van der Waals surface area contributed by atoms with Crippen molar-refractivity contribution in [2.75, 3.05) is 20.8 Å². The summed E-state index contributed by atoms with van der Waals surface area (Å²) in [6.45, 7) is 10.5. The number of nitrogens with one attached hydrogen (secondary N) is 4. The van der Waals surface area contributed by atoms with Crippen LogP contribution in [0.15, 0.2) is 55.1 Å². The molecule has 0 heterocycles. The second-order valence-corrected chi connectivity index (χ2v) is 11.3. The van der Waals surface area contributed by atoms with Crippen LogP contribution in [0.5, 0.6) is 11.5 Å². The zero-order valence-corrected chi connectivity index (χ0v) is 27.0. The number of methoxy groups -OCH3 is 2. The lowest BCUT2D eigenvalue weighted by Crippen LogP contribution is -2.64. The fourth-order valence-electron chi connectivity index (χ4n) is 4.39. The quantitative estimate of drug-likeness (QED) is 0.0860. The van der Waals surface area contributed by atoms with E-state index in [-0.39, 0.29) is 23.9 Å². The minimum absolute atomic E-state index is 0.125. The van der Waals surface area contributed by atoms with Gasteiger partial charge < -0.3 is 35.4 Å². The molecule has 2 aromatic rings. The molecule has 2 aromatic carbocycles. The maximum atomic E-state index is 13.6. The van der Waals surface area contributed by atoms with Crippen molar-refractivity contribution in [2.24, 2.45) is 11.8 Å². The van der Waals surface area contributed by atoms with Crippen LogP contribution in [0.3, 0.4) is 0 Å². The molecule has 0 aliphatic carbocycles. The van der Waals surface area contributed by atoms with Crippen LogP contribution in [-0.4, -0.2) is 82.9 Å². The lowest BCUT2D eigenvalue weighted by Gasteiger charge is -2.36. The average Bonchev–Trinajstić information content (AvgIpc) is 3.02. The van der Waals surface area contributed by atoms with E-state index in [9.17, 15) is 34.5 Å². The molecule has 2 rings (SSSR count). The summed E-state index contributed by atoms with van der Waals surface area (Å²) < 4.78 is 9.28. The second-order valence-electron chi connectivity index (χ2n) is 11.3. The van der Waals surface area contributed by atoms with Crippen molar-refractivity contribution < 1.29 is 44.0 Å². The van der Waals surface area contributed by atoms with Crippen molar-refractivity contribution in [3.63, 3.8) is 0 Å². The molecular weight excluding hydrogens is 598 g/mol. The number of hydrazine groups is 1. The highest BCUT2D eigenvalue weighted by molar-refractivity contribution is 5.89. The van der Waals surface area contributed by atoms with Gasteiger partial charge in [-0.25, -0.2) is 9.59 Å². The Balaban J connectivity index is 2.52. The smallest absolute Gasteiger partial charge is 0.409 e. The number of nitrogens with zero attached hydrogens (tertiary/aromatic N) is 1. The van der Waals surface area contributed by atoms with E-state index in [1.165, 1.54) is 30.3 Å². The molecule has 14 nitrogen and oxygen atoms in total. The number of aliphatic hydroxyl groups is 1. The number of hydrogen-bond acceptors (Lipinski definition) is 10. The van der Waals surface area contributed by atoms with Crippen molar-refractivity contribution in [3.8, 4) is 11.5 Å². The van der Waals surface area contributed by atoms with Crippen molar-refractivity contribution >= 4 is 29.7 Å². The molecule has 0 aromatic heterocycles. The first-order chi connectivity index (χ1) is 21.6. The zero-order chi connectivity index (χ0) is 34.6. The van der Waals surface area contributed by atoms with E-state index in [0.717, 1.165) is 12.7 Å². The molecule has 46 heavy (non-hydrogen) atoms. The van der Waals surface area contributed by atoms with Gasteiger partial charge >= 0.3 is 12.2 Å². The standard InChI is InChI=1S/C32H45N5O9/c1-19(2)27(34-30(42)45-6)28(40)36-37(21(5)23-14-16-25(38)26(39)17-23)18-24(15-13-22-11-9-8-10-12-22)33-29(41)32(44,20(3)4)35-31(43)46-7/h8-12,14,16-17,19-20,24,27,38-39,44H,5,13,15,18H2,1-4,6-7H3,(H,33,41)(H,34,42)(H,35,43)(H,36,40)/t24-,27-,32+/m0/s1. The highest BCUT2D eigenvalue weighted by Crippen LogP contribution is 2.29. The number of ether oxygens (including phenoxy) is 2. The van der Waals surface area contributed by atoms with E-state index in [1.54, 1.807) is 27.7 Å². The SMILES string of the molecule is C=C(c1ccc(O)c(O)c1)N(C[C@H](CCc1ccccc1)NC(=O)[C@@](O)(NC(=O)OC)C(C)C)NC(=O)[C@@H](NC(=O)OC)C(C)C. The van der Waals surface area contributed by atoms with E-state index in [4.69, 9.17) is 0 Å². The number of benzene rings is 2. The van der Waals surface area contributed by atoms with Crippen molar-refractivity contribution in [1.29, 1.82) is 0 Å². The van der Waals surface area contributed by atoms with Crippen LogP contribution < -0.4 is 21.4 Å². The number of carbonyl (C=O) groups excluding carboxylic acids is 4. The summed E-state index contributed by atoms with van der Waals surface area (Å²) in [5.41, 5.74) is 1.82. The van der Waals surface area contributed by atoms with E-state index in [1.807, 2.05) is 30.3 Å². The predicted octanol–water partition coefficient (Wildman–Crippen LogP) is 2.60. The third-order valence-electron chi connectivity index (χ3n) is 7.31. The molecule has 0 saturated carbocycles. The molecule has 0 aliphatic rings. The summed E-state index contributed by atoms with van der Waals surface area (Å²) in [5.74, 6) is -3.49. The van der Waals surface area contributed by atoms with Gasteiger partial charge in [0.25, 0.3) is 11.8 Å². The van der Waals surface area contributed by atoms with Gasteiger partial charge in [-0.1, -0.05) is 64.6 Å². The molecule has 7 N–H and O–H groups in total. The van der Waals surface area contributed by atoms with Gasteiger partial charge in [-0.2, -0.15) is 0 Å². The fraction of sp³-hybridized carbons (Fsp3) is 0.438. The monoisotopic (exact) mass is 643 g/mol. The normalized spacial score (nSPS) is 13.5. The molecule has 3 atom stereocenters. The van der Waals surface area contributed by atoms with E-state index in [0.29, 0.717) is 18.4 Å². The van der Waals surface area contributed by atoms with Gasteiger partial charge in [0, 0.05) is 17.5 Å². The van der Waals surface area contributed by atoms with Gasteiger partial charge in [0.1, 0.15) is 6.04 Å². The van der Waals surface area contributed by atoms with Crippen LogP contribution in [0, 0.1) is 11.8 Å². The Hall–Kier alpha value is -4.98. The van der Waals surface area contributed by atoms with Crippen LogP contribution in [0.25, 0.3) is 5.70 Å². The maximum absolute atomic E-state index is 13.6. The van der Waals surface area contributed by atoms with Gasteiger partial charge in [-0.05, 0) is 42.5 Å². The third kappa shape index (κ3) is 10.3. The minimum Gasteiger partial charge on any atom is -0.504 e. The molecule has 14 heteroatoms. The largest absolute Gasteiger partial charge is 0.504 e. The Morgan fingerprint density at radius 2 is 1.54 bits per heavy atom. The van der Waals surface area contributed by atoms with Crippen LogP contribution in [0.2, 0.25) is 0 Å². The second kappa shape index (κ2) is 16.9. The predicted molar refractivity (Wildman–Crippen MR) is 170 cm³/mol. The van der Waals surface area contributed by atoms with Gasteiger partial charge in [-0.3, -0.25) is 25.3 Å². The molecule has 0 radical (unpaired) electrons. The molecule has 0 saturated heterocycles. The van der Waals surface area contributed by atoms with E-state index >= 15 is 0 Å². The van der Waals surface area contributed by atoms with Crippen LogP contribution in [0.4, 0.5) is 9.59 Å². The molecule has 4 amide bonds. The highest BCUT2D eigenvalue weighted by Gasteiger charge is 2.42. The Morgan fingerprint density at radius 1 is 0.913 bits per heavy atom. The Labute approximate surface area is 268 Å². The Bertz CT molecular complexity index is 1370. The van der Waals surface area contributed by atoms with Crippen LogP contribution >= 0.6 is 0 Å². The number of rotatable bonds is 15. The summed E-state index contributed by atoms with van der Waals surface area (Å²) in [4.78, 5) is 51.2. The topological polar surface area (TPSA) is 199 Å². The molecule has 0 bridgehead atoms. The molecule has 0 spiro atoms. The first-order valence-corrected chi connectivity index (χ1v) is 14.7. The number of phenols is 2. The first kappa shape index (κ1) is 37.2. The lowest BCUT2D eigenvalue weighted by atomic mass is 9.97. The lowest BCUT2D eigenvalue weighted by molar-refractivity contribution is -0.149. The van der Waals surface area contributed by atoms with Crippen LogP contribution in [0.1, 0.15) is 45.2 Å². The zero-order valence-electron chi connectivity index (χ0n) is 27.0. The number of carbonyl (C=O) groups is 4. The van der Waals surface area contributed by atoms with Gasteiger partial charge in [0.2, 0.25) is 5.72 Å². The Kier molecular flexibility index (Phi) is 13.7. The van der Waals surface area contributed by atoms with Gasteiger partial charge in [0.15, 0.2) is 11.5 Å². The molecule has 0 aliphatic heterocycles. The van der Waals surface area contributed by atoms with E-state index in [2.05, 4.69) is 37.4 Å². The van der Waals surface area contributed by atoms with Crippen LogP contribution in [-0.2, 0) is 25.5 Å². The van der Waals surface area contributed by atoms with Crippen molar-refractivity contribution in [3.05, 3.63) is 66.2 Å². The first-order valence-electron chi connectivity index (χ1n) is 14.7. The number of amides is 4. The summed E-state index contributed by atoms with van der Waals surface area (Å²) in [6, 6.07) is 11.6. The fourth-order valence-corrected chi connectivity index (χ4v) is 4.39. The summed E-state index contributed by atoms with van der Waals surface area (Å²) >= 11 is 0. The molecular formula is C32H45N5O9. The molecule has 0 unspecified atom stereocenters. The number of phenolic OH excluding ortho intramolecular Hbond substituents is 2. The van der Waals surface area contributed by atoms with E-state index < -0.39 is 53.5 Å². The van der Waals surface area contributed by atoms with Crippen molar-refractivity contribution in [2.45, 2.75) is 58.3 Å². The minimum atomic E-state index is -2.35. The average molecular weight is 644 g/mol. The summed E-state index contributed by atoms with van der Waals surface area (Å²) in [7, 11) is 2.27. The third-order valence-corrected chi connectivity index (χ3v) is 7.31. The van der Waals surface area contributed by atoms with Crippen molar-refractivity contribution in [1.82, 2.24) is 26.4 Å². The highest BCUT2D eigenvalue weighted by atomic mass is 16.5. The number of alkyl carbamates (subject to hydrolysis) is 2. The molecule has 252 valence electrons. The summed E-state index contributed by atoms with van der Waals surface area (Å²) in [6.07, 6.45) is -1.05. The number of hydrogen-bond donors (Lipinski definition) is 7. The summed E-state index contributed by atoms with van der Waals surface area (Å²) in [5, 5.41) is 40.1. The van der Waals surface area contributed by atoms with Gasteiger partial charge in [-0.15, -0.1) is 0 Å². The van der Waals surface area contributed by atoms with Gasteiger partial charge in [0.05, 0.1) is 26.5 Å².